The summed E-state index contributed by atoms with van der Waals surface area (Å²) in [6.07, 6.45) is 1.21. The van der Waals surface area contributed by atoms with Crippen molar-refractivity contribution in [1.82, 2.24) is 10.2 Å². The number of hydrogen-bond donors (Lipinski definition) is 1. The van der Waals surface area contributed by atoms with Gasteiger partial charge >= 0.3 is 0 Å². The van der Waals surface area contributed by atoms with Crippen LogP contribution in [0.25, 0.3) is 0 Å². The molecule has 0 aliphatic heterocycles. The molecule has 1 aromatic heterocycles. The normalized spacial score (nSPS) is 15.6. The molecule has 20 heavy (non-hydrogen) atoms. The van der Waals surface area contributed by atoms with Crippen molar-refractivity contribution in [1.29, 1.82) is 0 Å². The fourth-order valence-corrected chi connectivity index (χ4v) is 2.96. The molecule has 0 spiro atoms. The van der Waals surface area contributed by atoms with E-state index < -0.39 is 0 Å². The summed E-state index contributed by atoms with van der Waals surface area (Å²) < 4.78 is 0. The Labute approximate surface area is 129 Å². The first-order chi connectivity index (χ1) is 9.28. The maximum atomic E-state index is 3.68. The SMILES string of the molecule is CCN(Cc1cccs1)CC(C)(CC)CNC(C)(C)C. The highest BCUT2D eigenvalue weighted by molar-refractivity contribution is 7.09. The van der Waals surface area contributed by atoms with E-state index >= 15 is 0 Å². The Bertz CT molecular complexity index is 367. The summed E-state index contributed by atoms with van der Waals surface area (Å²) in [5.41, 5.74) is 0.530. The lowest BCUT2D eigenvalue weighted by molar-refractivity contribution is 0.146. The highest BCUT2D eigenvalue weighted by atomic mass is 32.1. The maximum absolute atomic E-state index is 3.68. The fraction of sp³-hybridized carbons (Fsp3) is 0.765. The van der Waals surface area contributed by atoms with Crippen LogP contribution in [0.4, 0.5) is 0 Å². The van der Waals surface area contributed by atoms with E-state index in [4.69, 9.17) is 0 Å². The lowest BCUT2D eigenvalue weighted by Crippen LogP contribution is -2.47. The Balaban J connectivity index is 2.59. The van der Waals surface area contributed by atoms with Crippen molar-refractivity contribution in [3.8, 4) is 0 Å². The van der Waals surface area contributed by atoms with E-state index in [1.165, 1.54) is 11.3 Å². The smallest absolute Gasteiger partial charge is 0.0328 e. The van der Waals surface area contributed by atoms with Crippen LogP contribution in [0.1, 0.15) is 52.8 Å². The molecule has 0 bridgehead atoms. The molecule has 1 rings (SSSR count). The van der Waals surface area contributed by atoms with Crippen molar-refractivity contribution < 1.29 is 0 Å². The molecule has 0 aromatic carbocycles. The van der Waals surface area contributed by atoms with Gasteiger partial charge in [-0.05, 0) is 50.6 Å². The first-order valence-electron chi connectivity index (χ1n) is 7.78. The van der Waals surface area contributed by atoms with Crippen LogP contribution < -0.4 is 5.32 Å². The fourth-order valence-electron chi connectivity index (χ4n) is 2.21. The van der Waals surface area contributed by atoms with Gasteiger partial charge < -0.3 is 5.32 Å². The van der Waals surface area contributed by atoms with Gasteiger partial charge in [-0.25, -0.2) is 0 Å². The van der Waals surface area contributed by atoms with E-state index in [9.17, 15) is 0 Å². The quantitative estimate of drug-likeness (QED) is 0.766. The molecule has 1 aromatic rings. The van der Waals surface area contributed by atoms with Crippen LogP contribution in [0, 0.1) is 5.41 Å². The zero-order chi connectivity index (χ0) is 15.2. The van der Waals surface area contributed by atoms with Crippen LogP contribution in [0.5, 0.6) is 0 Å². The van der Waals surface area contributed by atoms with Gasteiger partial charge in [0.05, 0.1) is 0 Å². The van der Waals surface area contributed by atoms with E-state index in [0.29, 0.717) is 5.41 Å². The van der Waals surface area contributed by atoms with Gasteiger partial charge in [0.1, 0.15) is 0 Å². The molecule has 0 saturated carbocycles. The summed E-state index contributed by atoms with van der Waals surface area (Å²) in [5, 5.41) is 5.85. The lowest BCUT2D eigenvalue weighted by atomic mass is 9.85. The van der Waals surface area contributed by atoms with Gasteiger partial charge in [0.15, 0.2) is 0 Å². The minimum Gasteiger partial charge on any atom is -0.311 e. The Kier molecular flexibility index (Phi) is 6.70. The molecule has 0 saturated heterocycles. The Hall–Kier alpha value is -0.380. The second kappa shape index (κ2) is 7.58. The topological polar surface area (TPSA) is 15.3 Å². The van der Waals surface area contributed by atoms with Crippen LogP contribution in [0.2, 0.25) is 0 Å². The van der Waals surface area contributed by atoms with E-state index in [0.717, 1.165) is 26.2 Å². The van der Waals surface area contributed by atoms with Gasteiger partial charge in [-0.1, -0.05) is 26.8 Å². The monoisotopic (exact) mass is 296 g/mol. The van der Waals surface area contributed by atoms with Crippen molar-refractivity contribution in [2.75, 3.05) is 19.6 Å². The van der Waals surface area contributed by atoms with Crippen molar-refractivity contribution in [2.45, 2.75) is 60.0 Å². The standard InChI is InChI=1S/C17H32N2S/c1-7-17(6,13-18-16(3,4)5)14-19(8-2)12-15-10-9-11-20-15/h9-11,18H,7-8,12-14H2,1-6H3. The van der Waals surface area contributed by atoms with Gasteiger partial charge in [0.2, 0.25) is 0 Å². The minimum absolute atomic E-state index is 0.196. The molecule has 0 amide bonds. The van der Waals surface area contributed by atoms with Gasteiger partial charge in [0, 0.05) is 30.1 Å². The van der Waals surface area contributed by atoms with E-state index in [2.05, 4.69) is 69.3 Å². The van der Waals surface area contributed by atoms with Gasteiger partial charge in [-0.2, -0.15) is 0 Å². The average Bonchev–Trinajstić information content (AvgIpc) is 2.88. The highest BCUT2D eigenvalue weighted by Crippen LogP contribution is 2.24. The molecule has 1 atom stereocenters. The molecule has 116 valence electrons. The maximum Gasteiger partial charge on any atom is 0.0328 e. The third kappa shape index (κ3) is 6.38. The van der Waals surface area contributed by atoms with Gasteiger partial charge in [0.25, 0.3) is 0 Å². The van der Waals surface area contributed by atoms with Crippen LogP contribution in [-0.2, 0) is 6.54 Å². The zero-order valence-corrected chi connectivity index (χ0v) is 14.9. The predicted octanol–water partition coefficient (Wildman–Crippen LogP) is 4.37. The summed E-state index contributed by atoms with van der Waals surface area (Å²) in [6, 6.07) is 4.39. The number of nitrogens with zero attached hydrogens (tertiary/aromatic N) is 1. The number of thiophene rings is 1. The summed E-state index contributed by atoms with van der Waals surface area (Å²) in [7, 11) is 0. The van der Waals surface area contributed by atoms with Crippen molar-refractivity contribution in [3.63, 3.8) is 0 Å². The van der Waals surface area contributed by atoms with Crippen LogP contribution in [0.3, 0.4) is 0 Å². The summed E-state index contributed by atoms with van der Waals surface area (Å²) in [4.78, 5) is 4.04. The van der Waals surface area contributed by atoms with E-state index in [-0.39, 0.29) is 5.54 Å². The molecular formula is C17H32N2S. The highest BCUT2D eigenvalue weighted by Gasteiger charge is 2.26. The third-order valence-electron chi connectivity index (χ3n) is 3.91. The first-order valence-corrected chi connectivity index (χ1v) is 8.66. The number of rotatable bonds is 8. The second-order valence-electron chi connectivity index (χ2n) is 7.15. The lowest BCUT2D eigenvalue weighted by Gasteiger charge is -2.37. The van der Waals surface area contributed by atoms with E-state index in [1.807, 2.05) is 11.3 Å². The van der Waals surface area contributed by atoms with Crippen molar-refractivity contribution >= 4 is 11.3 Å². The molecule has 2 nitrogen and oxygen atoms in total. The van der Waals surface area contributed by atoms with Crippen LogP contribution in [0.15, 0.2) is 17.5 Å². The molecule has 0 fully saturated rings. The molecule has 0 aliphatic rings. The van der Waals surface area contributed by atoms with Crippen LogP contribution in [-0.4, -0.2) is 30.1 Å². The van der Waals surface area contributed by atoms with E-state index in [1.54, 1.807) is 0 Å². The molecule has 1 unspecified atom stereocenters. The first kappa shape index (κ1) is 17.7. The Morgan fingerprint density at radius 2 is 1.90 bits per heavy atom. The third-order valence-corrected chi connectivity index (χ3v) is 4.77. The summed E-state index contributed by atoms with van der Waals surface area (Å²) in [5.74, 6) is 0. The summed E-state index contributed by atoms with van der Waals surface area (Å²) in [6.45, 7) is 18.1. The Morgan fingerprint density at radius 3 is 2.35 bits per heavy atom. The largest absolute Gasteiger partial charge is 0.311 e. The summed E-state index contributed by atoms with van der Waals surface area (Å²) >= 11 is 1.86. The minimum atomic E-state index is 0.196. The molecule has 1 heterocycles. The molecule has 0 radical (unpaired) electrons. The van der Waals surface area contributed by atoms with Crippen molar-refractivity contribution in [3.05, 3.63) is 22.4 Å². The predicted molar refractivity (Wildman–Crippen MR) is 91.4 cm³/mol. The van der Waals surface area contributed by atoms with Gasteiger partial charge in [-0.15, -0.1) is 11.3 Å². The molecule has 0 aliphatic carbocycles. The number of nitrogens with one attached hydrogen (secondary N) is 1. The van der Waals surface area contributed by atoms with Crippen molar-refractivity contribution in [2.24, 2.45) is 5.41 Å². The molecule has 3 heteroatoms. The van der Waals surface area contributed by atoms with Crippen LogP contribution >= 0.6 is 11.3 Å². The average molecular weight is 297 g/mol. The van der Waals surface area contributed by atoms with Gasteiger partial charge in [-0.3, -0.25) is 4.90 Å². The zero-order valence-electron chi connectivity index (χ0n) is 14.1. The molecular weight excluding hydrogens is 264 g/mol. The number of hydrogen-bond acceptors (Lipinski definition) is 3. The second-order valence-corrected chi connectivity index (χ2v) is 8.18. The Morgan fingerprint density at radius 1 is 1.20 bits per heavy atom. The molecule has 1 N–H and O–H groups in total.